The van der Waals surface area contributed by atoms with E-state index in [4.69, 9.17) is 14.2 Å². The van der Waals surface area contributed by atoms with Crippen LogP contribution in [0.3, 0.4) is 0 Å². The van der Waals surface area contributed by atoms with Crippen molar-refractivity contribution >= 4 is 18.0 Å². The first kappa shape index (κ1) is 20.7. The Hall–Kier alpha value is -3.00. The lowest BCUT2D eigenvalue weighted by Crippen LogP contribution is -2.04. The maximum atomic E-state index is 10.9. The molecular formula is C21H23N3O4S. The standard InChI is InChI=1S/C21H23N3O4S/c1-4-24-20(16-6-8-17(26-2)9-7-16)22-23-21(24)29-12-11-28-18-10-5-15(14-25)13-19(18)27-3/h5-10,13-14H,4,11-12H2,1-3H3. The van der Waals surface area contributed by atoms with Gasteiger partial charge in [-0.05, 0) is 49.4 Å². The summed E-state index contributed by atoms with van der Waals surface area (Å²) in [6.45, 7) is 3.30. The van der Waals surface area contributed by atoms with Crippen LogP contribution < -0.4 is 14.2 Å². The van der Waals surface area contributed by atoms with E-state index in [1.807, 2.05) is 24.3 Å². The average molecular weight is 413 g/mol. The van der Waals surface area contributed by atoms with Gasteiger partial charge in [0.15, 0.2) is 22.5 Å². The molecule has 1 aromatic heterocycles. The number of aldehydes is 1. The van der Waals surface area contributed by atoms with E-state index in [1.165, 1.54) is 0 Å². The van der Waals surface area contributed by atoms with Gasteiger partial charge in [-0.15, -0.1) is 10.2 Å². The smallest absolute Gasteiger partial charge is 0.191 e. The fourth-order valence-electron chi connectivity index (χ4n) is 2.80. The Labute approximate surface area is 174 Å². The van der Waals surface area contributed by atoms with Crippen LogP contribution in [-0.4, -0.2) is 47.6 Å². The predicted molar refractivity (Wildman–Crippen MR) is 112 cm³/mol. The van der Waals surface area contributed by atoms with Crippen LogP contribution in [0, 0.1) is 0 Å². The van der Waals surface area contributed by atoms with Crippen molar-refractivity contribution in [2.45, 2.75) is 18.6 Å². The number of rotatable bonds is 10. The van der Waals surface area contributed by atoms with Crippen molar-refractivity contribution in [2.24, 2.45) is 0 Å². The minimum Gasteiger partial charge on any atom is -0.497 e. The summed E-state index contributed by atoms with van der Waals surface area (Å²) in [6.07, 6.45) is 0.778. The summed E-state index contributed by atoms with van der Waals surface area (Å²) in [5.74, 6) is 3.47. The van der Waals surface area contributed by atoms with E-state index in [1.54, 1.807) is 44.2 Å². The number of methoxy groups -OCH3 is 2. The molecule has 0 spiro atoms. The lowest BCUT2D eigenvalue weighted by molar-refractivity contribution is 0.112. The monoisotopic (exact) mass is 413 g/mol. The molecule has 7 nitrogen and oxygen atoms in total. The van der Waals surface area contributed by atoms with Gasteiger partial charge in [0.1, 0.15) is 12.0 Å². The van der Waals surface area contributed by atoms with Gasteiger partial charge in [0.25, 0.3) is 0 Å². The molecule has 3 aromatic rings. The highest BCUT2D eigenvalue weighted by atomic mass is 32.2. The van der Waals surface area contributed by atoms with Crippen LogP contribution in [0.4, 0.5) is 0 Å². The number of aromatic nitrogens is 3. The Bertz CT molecular complexity index is 957. The van der Waals surface area contributed by atoms with E-state index in [0.29, 0.717) is 29.4 Å². The molecule has 0 N–H and O–H groups in total. The van der Waals surface area contributed by atoms with Gasteiger partial charge in [-0.3, -0.25) is 4.79 Å². The summed E-state index contributed by atoms with van der Waals surface area (Å²) >= 11 is 1.58. The third kappa shape index (κ3) is 4.89. The molecule has 152 valence electrons. The summed E-state index contributed by atoms with van der Waals surface area (Å²) in [7, 11) is 3.20. The van der Waals surface area contributed by atoms with Crippen molar-refractivity contribution in [3.05, 3.63) is 48.0 Å². The molecule has 0 aliphatic carbocycles. The summed E-state index contributed by atoms with van der Waals surface area (Å²) < 4.78 is 18.4. The van der Waals surface area contributed by atoms with Crippen LogP contribution >= 0.6 is 11.8 Å². The molecule has 3 rings (SSSR count). The van der Waals surface area contributed by atoms with Crippen molar-refractivity contribution in [3.63, 3.8) is 0 Å². The number of nitrogens with zero attached hydrogens (tertiary/aromatic N) is 3. The number of carbonyl (C=O) groups excluding carboxylic acids is 1. The number of carbonyl (C=O) groups is 1. The number of benzene rings is 2. The van der Waals surface area contributed by atoms with E-state index in [9.17, 15) is 4.79 Å². The number of hydrogen-bond donors (Lipinski definition) is 0. The number of hydrogen-bond acceptors (Lipinski definition) is 7. The second-order valence-electron chi connectivity index (χ2n) is 6.00. The first-order chi connectivity index (χ1) is 14.2. The third-order valence-electron chi connectivity index (χ3n) is 4.28. The highest BCUT2D eigenvalue weighted by Crippen LogP contribution is 2.29. The van der Waals surface area contributed by atoms with E-state index in [2.05, 4.69) is 21.7 Å². The van der Waals surface area contributed by atoms with Crippen molar-refractivity contribution in [3.8, 4) is 28.6 Å². The molecule has 0 saturated carbocycles. The van der Waals surface area contributed by atoms with E-state index >= 15 is 0 Å². The lowest BCUT2D eigenvalue weighted by atomic mass is 10.2. The normalized spacial score (nSPS) is 10.6. The van der Waals surface area contributed by atoms with Gasteiger partial charge < -0.3 is 18.8 Å². The molecule has 0 aliphatic heterocycles. The van der Waals surface area contributed by atoms with Gasteiger partial charge in [-0.1, -0.05) is 11.8 Å². The number of ether oxygens (including phenoxy) is 3. The molecule has 0 aliphatic rings. The predicted octanol–water partition coefficient (Wildman–Crippen LogP) is 3.97. The summed E-state index contributed by atoms with van der Waals surface area (Å²) in [4.78, 5) is 10.9. The van der Waals surface area contributed by atoms with Crippen LogP contribution in [0.1, 0.15) is 17.3 Å². The molecule has 2 aromatic carbocycles. The van der Waals surface area contributed by atoms with Crippen LogP contribution in [-0.2, 0) is 6.54 Å². The van der Waals surface area contributed by atoms with Gasteiger partial charge in [0.2, 0.25) is 0 Å². The zero-order chi connectivity index (χ0) is 20.6. The Morgan fingerprint density at radius 3 is 2.48 bits per heavy atom. The van der Waals surface area contributed by atoms with Crippen LogP contribution in [0.15, 0.2) is 47.6 Å². The minimum absolute atomic E-state index is 0.468. The second-order valence-corrected chi connectivity index (χ2v) is 7.07. The summed E-state index contributed by atoms with van der Waals surface area (Å²) in [6, 6.07) is 12.9. The first-order valence-corrected chi connectivity index (χ1v) is 10.1. The maximum absolute atomic E-state index is 10.9. The van der Waals surface area contributed by atoms with E-state index in [0.717, 1.165) is 35.1 Å². The van der Waals surface area contributed by atoms with Crippen LogP contribution in [0.2, 0.25) is 0 Å². The highest BCUT2D eigenvalue weighted by Gasteiger charge is 2.13. The molecule has 8 heteroatoms. The molecule has 29 heavy (non-hydrogen) atoms. The van der Waals surface area contributed by atoms with E-state index < -0.39 is 0 Å². The Kier molecular flexibility index (Phi) is 7.13. The first-order valence-electron chi connectivity index (χ1n) is 9.16. The molecular weight excluding hydrogens is 390 g/mol. The van der Waals surface area contributed by atoms with Crippen LogP contribution in [0.5, 0.6) is 17.2 Å². The molecule has 0 fully saturated rings. The minimum atomic E-state index is 0.468. The third-order valence-corrected chi connectivity index (χ3v) is 5.21. The molecule has 0 amide bonds. The molecule has 0 atom stereocenters. The SMILES string of the molecule is CCn1c(SCCOc2ccc(C=O)cc2OC)nnc1-c1ccc(OC)cc1. The van der Waals surface area contributed by atoms with Gasteiger partial charge in [0.05, 0.1) is 20.8 Å². The van der Waals surface area contributed by atoms with Gasteiger partial charge in [0, 0.05) is 23.4 Å². The van der Waals surface area contributed by atoms with Crippen molar-refractivity contribution in [1.29, 1.82) is 0 Å². The van der Waals surface area contributed by atoms with Crippen molar-refractivity contribution < 1.29 is 19.0 Å². The molecule has 0 saturated heterocycles. The van der Waals surface area contributed by atoms with Crippen molar-refractivity contribution in [1.82, 2.24) is 14.8 Å². The lowest BCUT2D eigenvalue weighted by Gasteiger charge is -2.11. The van der Waals surface area contributed by atoms with Crippen molar-refractivity contribution in [2.75, 3.05) is 26.6 Å². The largest absolute Gasteiger partial charge is 0.497 e. The zero-order valence-corrected chi connectivity index (χ0v) is 17.4. The summed E-state index contributed by atoms with van der Waals surface area (Å²) in [5.41, 5.74) is 1.54. The highest BCUT2D eigenvalue weighted by molar-refractivity contribution is 7.99. The molecule has 0 unspecified atom stereocenters. The number of thioether (sulfide) groups is 1. The molecule has 0 bridgehead atoms. The fourth-order valence-corrected chi connectivity index (χ4v) is 3.61. The maximum Gasteiger partial charge on any atom is 0.191 e. The quantitative estimate of drug-likeness (QED) is 0.283. The molecule has 0 radical (unpaired) electrons. The Morgan fingerprint density at radius 1 is 1.03 bits per heavy atom. The second kappa shape index (κ2) is 9.97. The zero-order valence-electron chi connectivity index (χ0n) is 16.6. The average Bonchev–Trinajstić information content (AvgIpc) is 3.19. The topological polar surface area (TPSA) is 75.5 Å². The fraction of sp³-hybridized carbons (Fsp3) is 0.286. The molecule has 1 heterocycles. The van der Waals surface area contributed by atoms with Gasteiger partial charge >= 0.3 is 0 Å². The van der Waals surface area contributed by atoms with Gasteiger partial charge in [-0.25, -0.2) is 0 Å². The van der Waals surface area contributed by atoms with E-state index in [-0.39, 0.29) is 0 Å². The Balaban J connectivity index is 1.62. The Morgan fingerprint density at radius 2 is 1.83 bits per heavy atom. The summed E-state index contributed by atoms with van der Waals surface area (Å²) in [5, 5.41) is 9.52. The van der Waals surface area contributed by atoms with Crippen LogP contribution in [0.25, 0.3) is 11.4 Å². The van der Waals surface area contributed by atoms with Gasteiger partial charge in [-0.2, -0.15) is 0 Å².